The smallest absolute Gasteiger partial charge is 0.386 e. The number of rotatable bonds is 7. The summed E-state index contributed by atoms with van der Waals surface area (Å²) in [4.78, 5) is 11.6. The highest BCUT2D eigenvalue weighted by atomic mass is 19.4. The zero-order chi connectivity index (χ0) is 21.2. The Labute approximate surface area is 167 Å². The number of fused-ring (bicyclic) bond motifs is 1. The molecule has 1 aliphatic heterocycles. The van der Waals surface area contributed by atoms with Gasteiger partial charge >= 0.3 is 6.18 Å². The van der Waals surface area contributed by atoms with Gasteiger partial charge in [-0.2, -0.15) is 18.3 Å². The molecule has 0 spiro atoms. The van der Waals surface area contributed by atoms with Crippen LogP contribution in [0.3, 0.4) is 0 Å². The zero-order valence-electron chi connectivity index (χ0n) is 16.4. The summed E-state index contributed by atoms with van der Waals surface area (Å²) in [6.45, 7) is 3.76. The minimum absolute atomic E-state index is 0.0553. The number of unbranched alkanes of at least 4 members (excludes halogenated alkanes) is 2. The van der Waals surface area contributed by atoms with Crippen molar-refractivity contribution in [3.8, 4) is 0 Å². The molecule has 0 aliphatic carbocycles. The molecule has 2 heterocycles. The summed E-state index contributed by atoms with van der Waals surface area (Å²) in [5, 5.41) is 15.8. The number of alkyl halides is 3. The van der Waals surface area contributed by atoms with E-state index in [0.29, 0.717) is 35.1 Å². The summed E-state index contributed by atoms with van der Waals surface area (Å²) >= 11 is 0. The molecule has 0 unspecified atom stereocenters. The number of benzene rings is 1. The molecule has 1 aliphatic rings. The molecule has 0 saturated carbocycles. The molecule has 0 atom stereocenters. The number of carbonyl (C=O) groups excluding carboxylic acids is 1. The van der Waals surface area contributed by atoms with Crippen LogP contribution in [0.1, 0.15) is 38.7 Å². The Hall–Kier alpha value is -2.61. The topological polar surface area (TPSA) is 58.4 Å². The van der Waals surface area contributed by atoms with E-state index < -0.39 is 17.5 Å². The number of halogens is 3. The third-order valence-corrected chi connectivity index (χ3v) is 4.84. The Morgan fingerprint density at radius 3 is 2.66 bits per heavy atom. The largest absolute Gasteiger partial charge is 0.431 e. The van der Waals surface area contributed by atoms with Gasteiger partial charge in [0.15, 0.2) is 0 Å². The van der Waals surface area contributed by atoms with E-state index in [-0.39, 0.29) is 6.54 Å². The number of aliphatic hydroxyl groups is 1. The van der Waals surface area contributed by atoms with Gasteiger partial charge in [0.05, 0.1) is 11.1 Å². The van der Waals surface area contributed by atoms with Crippen molar-refractivity contribution in [2.45, 2.75) is 51.4 Å². The number of aromatic nitrogens is 2. The summed E-state index contributed by atoms with van der Waals surface area (Å²) in [6, 6.07) is 3.30. The van der Waals surface area contributed by atoms with Gasteiger partial charge in [-0.25, -0.2) is 0 Å². The van der Waals surface area contributed by atoms with E-state index in [4.69, 9.17) is 0 Å². The molecule has 0 fully saturated rings. The van der Waals surface area contributed by atoms with Gasteiger partial charge in [-0.15, -0.1) is 0 Å². The quantitative estimate of drug-likeness (QED) is 0.544. The lowest BCUT2D eigenvalue weighted by molar-refractivity contribution is -0.108. The fourth-order valence-electron chi connectivity index (χ4n) is 3.43. The highest BCUT2D eigenvalue weighted by Gasteiger charge is 2.40. The molecule has 0 radical (unpaired) electrons. The predicted octanol–water partition coefficient (Wildman–Crippen LogP) is 4.46. The Morgan fingerprint density at radius 1 is 1.24 bits per heavy atom. The lowest BCUT2D eigenvalue weighted by Crippen LogP contribution is -2.35. The SMILES string of the molecule is CC(C)(O)c1cc2nn(CCCCC=O)cc2cc1N1CC=CC=C1C(F)(F)F. The molecule has 1 N–H and O–H groups in total. The number of carbonyl (C=O) groups is 1. The van der Waals surface area contributed by atoms with E-state index in [0.717, 1.165) is 25.2 Å². The molecule has 156 valence electrons. The van der Waals surface area contributed by atoms with Gasteiger partial charge in [-0.3, -0.25) is 4.68 Å². The minimum Gasteiger partial charge on any atom is -0.386 e. The van der Waals surface area contributed by atoms with Crippen molar-refractivity contribution in [3.05, 3.63) is 47.8 Å². The maximum absolute atomic E-state index is 13.6. The van der Waals surface area contributed by atoms with Crippen LogP contribution in [0.2, 0.25) is 0 Å². The number of hydrogen-bond donors (Lipinski definition) is 1. The number of allylic oxidation sites excluding steroid dienone is 3. The van der Waals surface area contributed by atoms with Gasteiger partial charge in [0.1, 0.15) is 12.0 Å². The van der Waals surface area contributed by atoms with E-state index >= 15 is 0 Å². The number of nitrogens with zero attached hydrogens (tertiary/aromatic N) is 3. The first-order valence-electron chi connectivity index (χ1n) is 9.50. The Kier molecular flexibility index (Phi) is 5.84. The molecule has 2 aromatic rings. The predicted molar refractivity (Wildman–Crippen MR) is 106 cm³/mol. The molecule has 29 heavy (non-hydrogen) atoms. The fourth-order valence-corrected chi connectivity index (χ4v) is 3.43. The second-order valence-corrected chi connectivity index (χ2v) is 7.63. The lowest BCUT2D eigenvalue weighted by Gasteiger charge is -2.33. The van der Waals surface area contributed by atoms with Gasteiger partial charge in [0.25, 0.3) is 0 Å². The van der Waals surface area contributed by atoms with Gasteiger partial charge in [0.2, 0.25) is 0 Å². The van der Waals surface area contributed by atoms with Crippen molar-refractivity contribution in [1.29, 1.82) is 0 Å². The molecule has 0 saturated heterocycles. The molecule has 5 nitrogen and oxygen atoms in total. The van der Waals surface area contributed by atoms with Crippen LogP contribution >= 0.6 is 0 Å². The summed E-state index contributed by atoms with van der Waals surface area (Å²) in [5.74, 6) is 0. The first-order valence-corrected chi connectivity index (χ1v) is 9.50. The lowest BCUT2D eigenvalue weighted by atomic mass is 9.94. The van der Waals surface area contributed by atoms with E-state index in [1.807, 2.05) is 0 Å². The second-order valence-electron chi connectivity index (χ2n) is 7.63. The summed E-state index contributed by atoms with van der Waals surface area (Å²) in [7, 11) is 0. The van der Waals surface area contributed by atoms with E-state index in [1.54, 1.807) is 42.9 Å². The van der Waals surface area contributed by atoms with Crippen LogP contribution in [0, 0.1) is 0 Å². The van der Waals surface area contributed by atoms with Crippen molar-refractivity contribution in [2.75, 3.05) is 11.4 Å². The Bertz CT molecular complexity index is 952. The van der Waals surface area contributed by atoms with Crippen LogP contribution in [-0.2, 0) is 16.9 Å². The second kappa shape index (κ2) is 8.02. The van der Waals surface area contributed by atoms with Crippen molar-refractivity contribution >= 4 is 22.9 Å². The van der Waals surface area contributed by atoms with Crippen molar-refractivity contribution < 1.29 is 23.1 Å². The first kappa shape index (κ1) is 21.1. The van der Waals surface area contributed by atoms with Crippen molar-refractivity contribution in [3.63, 3.8) is 0 Å². The van der Waals surface area contributed by atoms with Crippen LogP contribution < -0.4 is 4.90 Å². The average molecular weight is 407 g/mol. The van der Waals surface area contributed by atoms with E-state index in [1.165, 1.54) is 11.0 Å². The molecule has 8 heteroatoms. The maximum Gasteiger partial charge on any atom is 0.431 e. The Morgan fingerprint density at radius 2 is 2.00 bits per heavy atom. The third-order valence-electron chi connectivity index (χ3n) is 4.84. The summed E-state index contributed by atoms with van der Waals surface area (Å²) < 4.78 is 42.5. The van der Waals surface area contributed by atoms with Crippen LogP contribution in [0.4, 0.5) is 18.9 Å². The summed E-state index contributed by atoms with van der Waals surface area (Å²) in [5.41, 5.74) is -0.840. The van der Waals surface area contributed by atoms with Crippen molar-refractivity contribution in [2.24, 2.45) is 0 Å². The third kappa shape index (κ3) is 4.70. The van der Waals surface area contributed by atoms with E-state index in [2.05, 4.69) is 5.10 Å². The van der Waals surface area contributed by atoms with Crippen LogP contribution in [0.15, 0.2) is 42.3 Å². The van der Waals surface area contributed by atoms with Crippen LogP contribution in [0.25, 0.3) is 10.9 Å². The van der Waals surface area contributed by atoms with Crippen LogP contribution in [-0.4, -0.2) is 33.9 Å². The molecule has 0 amide bonds. The number of aryl methyl sites for hydroxylation is 1. The monoisotopic (exact) mass is 407 g/mol. The number of aldehydes is 1. The van der Waals surface area contributed by atoms with E-state index in [9.17, 15) is 23.1 Å². The highest BCUT2D eigenvalue weighted by molar-refractivity contribution is 5.85. The normalized spacial score (nSPS) is 15.1. The fraction of sp³-hybridized carbons (Fsp3) is 0.429. The van der Waals surface area contributed by atoms with Gasteiger partial charge in [-0.1, -0.05) is 12.2 Å². The zero-order valence-corrected chi connectivity index (χ0v) is 16.4. The highest BCUT2D eigenvalue weighted by Crippen LogP contribution is 2.40. The van der Waals surface area contributed by atoms with Crippen molar-refractivity contribution in [1.82, 2.24) is 9.78 Å². The average Bonchev–Trinajstić information content (AvgIpc) is 3.04. The molecule has 1 aromatic heterocycles. The van der Waals surface area contributed by atoms with Gasteiger partial charge in [-0.05, 0) is 44.9 Å². The standard InChI is InChI=1S/C21H24F3N3O2/c1-20(2,29)16-13-17-15(14-26(25-17)9-5-3-7-11-28)12-18(16)27-10-6-4-8-19(27)21(22,23)24/h4,6,8,11-14,29H,3,5,7,9-10H2,1-2H3. The number of anilines is 1. The molecule has 1 aromatic carbocycles. The van der Waals surface area contributed by atoms with Crippen LogP contribution in [0.5, 0.6) is 0 Å². The van der Waals surface area contributed by atoms with Gasteiger partial charge in [0, 0.05) is 42.3 Å². The minimum atomic E-state index is -4.51. The molecule has 0 bridgehead atoms. The van der Waals surface area contributed by atoms with Gasteiger partial charge < -0.3 is 14.8 Å². The maximum atomic E-state index is 13.6. The summed E-state index contributed by atoms with van der Waals surface area (Å²) in [6.07, 6.45) is 4.23. The Balaban J connectivity index is 2.04. The molecular formula is C21H24F3N3O2. The number of hydrogen-bond acceptors (Lipinski definition) is 4. The molecule has 3 rings (SSSR count). The molecular weight excluding hydrogens is 383 g/mol. The first-order chi connectivity index (χ1) is 13.6.